The highest BCUT2D eigenvalue weighted by Gasteiger charge is 2.14. The molecule has 0 bridgehead atoms. The normalized spacial score (nSPS) is 10.6. The number of esters is 1. The maximum absolute atomic E-state index is 12.1. The fourth-order valence-electron chi connectivity index (χ4n) is 1.92. The number of hydrogen-bond acceptors (Lipinski definition) is 5. The highest BCUT2D eigenvalue weighted by molar-refractivity contribution is 7.11. The van der Waals surface area contributed by atoms with Crippen LogP contribution in [0.2, 0.25) is 0 Å². The van der Waals surface area contributed by atoms with Crippen LogP contribution in [0.3, 0.4) is 0 Å². The summed E-state index contributed by atoms with van der Waals surface area (Å²) in [6.45, 7) is 4.52. The van der Waals surface area contributed by atoms with Crippen LogP contribution in [0.25, 0.3) is 0 Å². The Bertz CT molecular complexity index is 607. The third-order valence-corrected chi connectivity index (χ3v) is 3.92. The molecule has 0 aliphatic carbocycles. The number of rotatable bonds is 5. The Morgan fingerprint density at radius 2 is 2.00 bits per heavy atom. The van der Waals surface area contributed by atoms with Gasteiger partial charge in [0.1, 0.15) is 6.61 Å². The molecule has 0 saturated heterocycles. The van der Waals surface area contributed by atoms with Gasteiger partial charge in [0.2, 0.25) is 0 Å². The first-order valence-corrected chi connectivity index (χ1v) is 7.10. The third kappa shape index (κ3) is 3.43. The number of hydrogen-bond donors (Lipinski definition) is 0. The molecule has 1 aromatic heterocycles. The minimum atomic E-state index is -0.330. The number of methoxy groups -OCH3 is 1. The summed E-state index contributed by atoms with van der Waals surface area (Å²) >= 11 is 1.55. The van der Waals surface area contributed by atoms with Gasteiger partial charge in [-0.3, -0.25) is 0 Å². The molecule has 0 saturated carbocycles. The molecule has 0 unspecified atom stereocenters. The molecular weight excluding hydrogens is 274 g/mol. The highest BCUT2D eigenvalue weighted by atomic mass is 32.1. The molecule has 0 amide bonds. The third-order valence-electron chi connectivity index (χ3n) is 2.87. The number of nitrogens with zero attached hydrogens (tertiary/aromatic N) is 1. The van der Waals surface area contributed by atoms with Crippen LogP contribution in [0.4, 0.5) is 0 Å². The average molecular weight is 291 g/mol. The van der Waals surface area contributed by atoms with Crippen molar-refractivity contribution in [2.24, 2.45) is 0 Å². The topological polar surface area (TPSA) is 48.4 Å². The van der Waals surface area contributed by atoms with Crippen LogP contribution in [-0.4, -0.2) is 18.1 Å². The molecule has 0 radical (unpaired) electrons. The summed E-state index contributed by atoms with van der Waals surface area (Å²) in [7, 11) is 1.60. The molecule has 4 nitrogen and oxygen atoms in total. The van der Waals surface area contributed by atoms with E-state index < -0.39 is 0 Å². The van der Waals surface area contributed by atoms with E-state index >= 15 is 0 Å². The first kappa shape index (κ1) is 14.7. The van der Waals surface area contributed by atoms with Crippen molar-refractivity contribution in [2.45, 2.75) is 27.1 Å². The lowest BCUT2D eigenvalue weighted by Gasteiger charge is -2.08. The Labute approximate surface area is 122 Å². The molecule has 1 heterocycles. The van der Waals surface area contributed by atoms with Gasteiger partial charge in [0.15, 0.2) is 0 Å². The van der Waals surface area contributed by atoms with E-state index in [2.05, 4.69) is 4.98 Å². The molecular formula is C15H17NO3S. The van der Waals surface area contributed by atoms with Crippen LogP contribution in [-0.2, 0) is 22.7 Å². The standard InChI is InChI=1S/C15H17NO3S/c1-10-14(20-11(2)16-10)9-19-15(17)13-7-5-4-6-12(13)8-18-3/h4-7H,8-9H2,1-3H3. The molecule has 2 aromatic rings. The van der Waals surface area contributed by atoms with E-state index in [1.54, 1.807) is 24.5 Å². The minimum Gasteiger partial charge on any atom is -0.456 e. The average Bonchev–Trinajstić information content (AvgIpc) is 2.75. The minimum absolute atomic E-state index is 0.261. The van der Waals surface area contributed by atoms with Crippen molar-refractivity contribution < 1.29 is 14.3 Å². The van der Waals surface area contributed by atoms with E-state index in [4.69, 9.17) is 9.47 Å². The first-order chi connectivity index (χ1) is 9.61. The van der Waals surface area contributed by atoms with Crippen LogP contribution in [0, 0.1) is 13.8 Å². The second kappa shape index (κ2) is 6.63. The lowest BCUT2D eigenvalue weighted by Crippen LogP contribution is -2.08. The zero-order valence-electron chi connectivity index (χ0n) is 11.8. The van der Waals surface area contributed by atoms with Gasteiger partial charge in [-0.2, -0.15) is 0 Å². The van der Waals surface area contributed by atoms with Crippen molar-refractivity contribution in [1.82, 2.24) is 4.98 Å². The van der Waals surface area contributed by atoms with Gasteiger partial charge in [-0.1, -0.05) is 18.2 Å². The van der Waals surface area contributed by atoms with Crippen molar-refractivity contribution in [3.8, 4) is 0 Å². The Hall–Kier alpha value is -1.72. The fourth-order valence-corrected chi connectivity index (χ4v) is 2.77. The monoisotopic (exact) mass is 291 g/mol. The summed E-state index contributed by atoms with van der Waals surface area (Å²) in [6, 6.07) is 7.31. The second-order valence-electron chi connectivity index (χ2n) is 4.41. The summed E-state index contributed by atoms with van der Waals surface area (Å²) in [4.78, 5) is 17.4. The number of carbonyl (C=O) groups is 1. The largest absolute Gasteiger partial charge is 0.456 e. The van der Waals surface area contributed by atoms with Gasteiger partial charge < -0.3 is 9.47 Å². The molecule has 0 aliphatic rings. The van der Waals surface area contributed by atoms with Crippen molar-refractivity contribution in [3.63, 3.8) is 0 Å². The second-order valence-corrected chi connectivity index (χ2v) is 5.70. The molecule has 0 N–H and O–H groups in total. The number of thiazole rings is 1. The van der Waals surface area contributed by atoms with Gasteiger partial charge in [0.25, 0.3) is 0 Å². The molecule has 0 aliphatic heterocycles. The molecule has 0 atom stereocenters. The molecule has 20 heavy (non-hydrogen) atoms. The highest BCUT2D eigenvalue weighted by Crippen LogP contribution is 2.19. The molecule has 0 fully saturated rings. The summed E-state index contributed by atoms with van der Waals surface area (Å²) in [5.74, 6) is -0.330. The quantitative estimate of drug-likeness (QED) is 0.793. The number of benzene rings is 1. The SMILES string of the molecule is COCc1ccccc1C(=O)OCc1sc(C)nc1C. The Morgan fingerprint density at radius 1 is 1.25 bits per heavy atom. The number of aromatic nitrogens is 1. The van der Waals surface area contributed by atoms with Crippen LogP contribution >= 0.6 is 11.3 Å². The zero-order valence-corrected chi connectivity index (χ0v) is 12.6. The van der Waals surface area contributed by atoms with E-state index in [0.717, 1.165) is 21.1 Å². The van der Waals surface area contributed by atoms with E-state index in [1.165, 1.54) is 0 Å². The van der Waals surface area contributed by atoms with Gasteiger partial charge in [-0.05, 0) is 25.5 Å². The van der Waals surface area contributed by atoms with Gasteiger partial charge in [0, 0.05) is 7.11 Å². The van der Waals surface area contributed by atoms with Gasteiger partial charge in [-0.15, -0.1) is 11.3 Å². The summed E-state index contributed by atoms with van der Waals surface area (Å²) < 4.78 is 10.5. The van der Waals surface area contributed by atoms with Crippen molar-refractivity contribution in [3.05, 3.63) is 51.0 Å². The van der Waals surface area contributed by atoms with Crippen LogP contribution in [0.15, 0.2) is 24.3 Å². The fraction of sp³-hybridized carbons (Fsp3) is 0.333. The van der Waals surface area contributed by atoms with Crippen molar-refractivity contribution in [1.29, 1.82) is 0 Å². The van der Waals surface area contributed by atoms with Gasteiger partial charge >= 0.3 is 5.97 Å². The van der Waals surface area contributed by atoms with Crippen molar-refractivity contribution >= 4 is 17.3 Å². The Kier molecular flexibility index (Phi) is 4.87. The van der Waals surface area contributed by atoms with Crippen LogP contribution < -0.4 is 0 Å². The summed E-state index contributed by atoms with van der Waals surface area (Å²) in [5.41, 5.74) is 2.30. The van der Waals surface area contributed by atoms with Gasteiger partial charge in [-0.25, -0.2) is 9.78 Å². The molecule has 2 rings (SSSR count). The van der Waals surface area contributed by atoms with E-state index in [-0.39, 0.29) is 12.6 Å². The Balaban J connectivity index is 2.07. The predicted molar refractivity (Wildman–Crippen MR) is 77.9 cm³/mol. The zero-order chi connectivity index (χ0) is 14.5. The number of carbonyl (C=O) groups excluding carboxylic acids is 1. The molecule has 106 valence electrons. The Morgan fingerprint density at radius 3 is 2.65 bits per heavy atom. The molecule has 1 aromatic carbocycles. The number of ether oxygens (including phenoxy) is 2. The number of aryl methyl sites for hydroxylation is 2. The molecule has 5 heteroatoms. The maximum Gasteiger partial charge on any atom is 0.338 e. The lowest BCUT2D eigenvalue weighted by molar-refractivity contribution is 0.0471. The predicted octanol–water partition coefficient (Wildman–Crippen LogP) is 3.26. The van der Waals surface area contributed by atoms with Crippen LogP contribution in [0.1, 0.15) is 31.5 Å². The molecule has 0 spiro atoms. The van der Waals surface area contributed by atoms with Crippen LogP contribution in [0.5, 0.6) is 0 Å². The van der Waals surface area contributed by atoms with Gasteiger partial charge in [0.05, 0.1) is 27.7 Å². The maximum atomic E-state index is 12.1. The lowest BCUT2D eigenvalue weighted by atomic mass is 10.1. The first-order valence-electron chi connectivity index (χ1n) is 6.28. The summed E-state index contributed by atoms with van der Waals surface area (Å²) in [5, 5.41) is 0.980. The van der Waals surface area contributed by atoms with E-state index in [0.29, 0.717) is 12.2 Å². The van der Waals surface area contributed by atoms with E-state index in [1.807, 2.05) is 32.0 Å². The van der Waals surface area contributed by atoms with Crippen molar-refractivity contribution in [2.75, 3.05) is 7.11 Å². The van der Waals surface area contributed by atoms with E-state index in [9.17, 15) is 4.79 Å². The summed E-state index contributed by atoms with van der Waals surface area (Å²) in [6.07, 6.45) is 0. The smallest absolute Gasteiger partial charge is 0.338 e.